The van der Waals surface area contributed by atoms with E-state index < -0.39 is 0 Å². The number of pyridine rings is 1. The summed E-state index contributed by atoms with van der Waals surface area (Å²) < 4.78 is 5.31. The van der Waals surface area contributed by atoms with Crippen molar-refractivity contribution in [3.05, 3.63) is 58.4 Å². The van der Waals surface area contributed by atoms with Crippen LogP contribution in [0.2, 0.25) is 0 Å². The molecule has 2 aromatic heterocycles. The molecule has 4 rings (SSSR count). The normalized spacial score (nSPS) is 16.5. The fourth-order valence-corrected chi connectivity index (χ4v) is 3.69. The second kappa shape index (κ2) is 6.46. The molecule has 0 bridgehead atoms. The number of hydrogen-bond donors (Lipinski definition) is 2. The molecular formula is C21H24N4O2. The van der Waals surface area contributed by atoms with Crippen molar-refractivity contribution in [2.45, 2.75) is 51.6 Å². The molecule has 3 aromatic rings. The number of nitrogens with zero attached hydrogens (tertiary/aromatic N) is 2. The van der Waals surface area contributed by atoms with Gasteiger partial charge in [-0.2, -0.15) is 0 Å². The zero-order valence-electron chi connectivity index (χ0n) is 15.9. The quantitative estimate of drug-likeness (QED) is 0.743. The lowest BCUT2D eigenvalue weighted by molar-refractivity contribution is 0.0936. The van der Waals surface area contributed by atoms with Crippen molar-refractivity contribution in [1.82, 2.24) is 15.5 Å². The fourth-order valence-electron chi connectivity index (χ4n) is 3.69. The van der Waals surface area contributed by atoms with Crippen LogP contribution in [0.3, 0.4) is 0 Å². The molecule has 0 saturated carbocycles. The molecule has 0 saturated heterocycles. The third-order valence-electron chi connectivity index (χ3n) is 5.13. The molecule has 0 fully saturated rings. The zero-order chi connectivity index (χ0) is 19.2. The van der Waals surface area contributed by atoms with Gasteiger partial charge in [0.25, 0.3) is 11.6 Å². The predicted octanol–water partition coefficient (Wildman–Crippen LogP) is 3.40. The molecule has 1 atom stereocenters. The minimum Gasteiger partial charge on any atom is -0.345 e. The van der Waals surface area contributed by atoms with E-state index in [4.69, 9.17) is 10.3 Å². The van der Waals surface area contributed by atoms with Crippen LogP contribution in [0.5, 0.6) is 0 Å². The van der Waals surface area contributed by atoms with E-state index in [2.05, 4.69) is 48.4 Å². The van der Waals surface area contributed by atoms with Gasteiger partial charge in [-0.05, 0) is 35.6 Å². The van der Waals surface area contributed by atoms with Gasteiger partial charge in [-0.15, -0.1) is 0 Å². The van der Waals surface area contributed by atoms with Crippen LogP contribution in [0.1, 0.15) is 66.0 Å². The number of fused-ring (bicyclic) bond motifs is 2. The largest absolute Gasteiger partial charge is 0.345 e. The number of amides is 1. The van der Waals surface area contributed by atoms with Crippen molar-refractivity contribution in [2.24, 2.45) is 5.73 Å². The maximum absolute atomic E-state index is 12.8. The van der Waals surface area contributed by atoms with Crippen LogP contribution in [0.4, 0.5) is 0 Å². The first kappa shape index (κ1) is 17.7. The molecule has 3 N–H and O–H groups in total. The number of benzene rings is 1. The van der Waals surface area contributed by atoms with Gasteiger partial charge in [0.2, 0.25) is 0 Å². The second-order valence-corrected chi connectivity index (χ2v) is 8.16. The van der Waals surface area contributed by atoms with Crippen LogP contribution >= 0.6 is 0 Å². The number of hydrogen-bond acceptors (Lipinski definition) is 5. The Labute approximate surface area is 158 Å². The summed E-state index contributed by atoms with van der Waals surface area (Å²) in [5, 5.41) is 8.07. The Morgan fingerprint density at radius 3 is 2.89 bits per heavy atom. The molecule has 6 heteroatoms. The van der Waals surface area contributed by atoms with Crippen LogP contribution in [0.25, 0.3) is 11.1 Å². The highest BCUT2D eigenvalue weighted by atomic mass is 16.5. The van der Waals surface area contributed by atoms with E-state index in [1.807, 2.05) is 12.1 Å². The van der Waals surface area contributed by atoms with E-state index in [1.165, 1.54) is 11.1 Å². The molecule has 140 valence electrons. The maximum Gasteiger partial charge on any atom is 0.257 e. The number of rotatable bonds is 3. The average Bonchev–Trinajstić information content (AvgIpc) is 3.24. The lowest BCUT2D eigenvalue weighted by Crippen LogP contribution is -2.27. The number of nitrogens with two attached hydrogens (primary N) is 1. The van der Waals surface area contributed by atoms with E-state index in [9.17, 15) is 4.79 Å². The van der Waals surface area contributed by atoms with Gasteiger partial charge in [0.1, 0.15) is 0 Å². The molecule has 1 amide bonds. The first-order chi connectivity index (χ1) is 12.9. The summed E-state index contributed by atoms with van der Waals surface area (Å²) >= 11 is 0. The van der Waals surface area contributed by atoms with Crippen LogP contribution < -0.4 is 11.1 Å². The number of nitrogens with one attached hydrogen (secondary N) is 1. The van der Waals surface area contributed by atoms with Crippen molar-refractivity contribution < 1.29 is 9.32 Å². The maximum atomic E-state index is 12.8. The van der Waals surface area contributed by atoms with Crippen LogP contribution in [0, 0.1) is 0 Å². The summed E-state index contributed by atoms with van der Waals surface area (Å²) in [4.78, 5) is 17.1. The van der Waals surface area contributed by atoms with E-state index in [0.717, 1.165) is 29.5 Å². The topological polar surface area (TPSA) is 94.0 Å². The molecule has 1 aliphatic rings. The summed E-state index contributed by atoms with van der Waals surface area (Å²) in [7, 11) is 0. The first-order valence-electron chi connectivity index (χ1n) is 9.25. The van der Waals surface area contributed by atoms with Crippen molar-refractivity contribution in [1.29, 1.82) is 0 Å². The summed E-state index contributed by atoms with van der Waals surface area (Å²) in [5.41, 5.74) is 10.9. The molecule has 1 unspecified atom stereocenters. The van der Waals surface area contributed by atoms with Gasteiger partial charge >= 0.3 is 0 Å². The minimum atomic E-state index is -0.187. The van der Waals surface area contributed by atoms with Crippen LogP contribution in [-0.2, 0) is 18.4 Å². The first-order valence-corrected chi connectivity index (χ1v) is 9.25. The van der Waals surface area contributed by atoms with E-state index in [0.29, 0.717) is 17.8 Å². The number of carbonyl (C=O) groups is 1. The standard InChI is InChI=1S/C21H24N4O2/c1-21(2,3)18-16-9-14(11-23-20(16)27-25-18)19(26)24-17-7-5-13-8-12(10-22)4-6-15(13)17/h4,6,8-9,11,17H,5,7,10,22H2,1-3H3,(H,24,26). The molecule has 0 aliphatic heterocycles. The zero-order valence-corrected chi connectivity index (χ0v) is 15.9. The van der Waals surface area contributed by atoms with Crippen LogP contribution in [-0.4, -0.2) is 16.0 Å². The Hall–Kier alpha value is -2.73. The van der Waals surface area contributed by atoms with Gasteiger partial charge in [0.15, 0.2) is 0 Å². The third kappa shape index (κ3) is 3.21. The van der Waals surface area contributed by atoms with Crippen molar-refractivity contribution >= 4 is 17.0 Å². The van der Waals surface area contributed by atoms with Crippen molar-refractivity contribution in [3.8, 4) is 0 Å². The van der Waals surface area contributed by atoms with Crippen molar-refractivity contribution in [2.75, 3.05) is 0 Å². The lowest BCUT2D eigenvalue weighted by atomic mass is 9.90. The van der Waals surface area contributed by atoms with Gasteiger partial charge in [-0.1, -0.05) is 44.1 Å². The third-order valence-corrected chi connectivity index (χ3v) is 5.13. The number of carbonyl (C=O) groups excluding carboxylic acids is 1. The summed E-state index contributed by atoms with van der Waals surface area (Å²) in [5.74, 6) is -0.133. The molecule has 6 nitrogen and oxygen atoms in total. The minimum absolute atomic E-state index is 0.0135. The Morgan fingerprint density at radius 1 is 1.33 bits per heavy atom. The summed E-state index contributed by atoms with van der Waals surface area (Å²) in [6, 6.07) is 8.09. The predicted molar refractivity (Wildman–Crippen MR) is 103 cm³/mol. The smallest absolute Gasteiger partial charge is 0.257 e. The van der Waals surface area contributed by atoms with E-state index >= 15 is 0 Å². The molecule has 1 aromatic carbocycles. The van der Waals surface area contributed by atoms with Gasteiger partial charge in [-0.25, -0.2) is 4.98 Å². The van der Waals surface area contributed by atoms with E-state index in [-0.39, 0.29) is 17.4 Å². The second-order valence-electron chi connectivity index (χ2n) is 8.16. The monoisotopic (exact) mass is 364 g/mol. The highest BCUT2D eigenvalue weighted by Gasteiger charge is 2.26. The lowest BCUT2D eigenvalue weighted by Gasteiger charge is -2.16. The molecule has 0 radical (unpaired) electrons. The van der Waals surface area contributed by atoms with Gasteiger partial charge < -0.3 is 15.6 Å². The summed E-state index contributed by atoms with van der Waals surface area (Å²) in [6.07, 6.45) is 3.39. The Bertz CT molecular complexity index is 1020. The highest BCUT2D eigenvalue weighted by molar-refractivity contribution is 5.97. The Balaban J connectivity index is 1.60. The number of aryl methyl sites for hydroxylation is 1. The van der Waals surface area contributed by atoms with Gasteiger partial charge in [-0.3, -0.25) is 4.79 Å². The highest BCUT2D eigenvalue weighted by Crippen LogP contribution is 2.32. The van der Waals surface area contributed by atoms with Gasteiger partial charge in [0, 0.05) is 18.2 Å². The molecule has 27 heavy (non-hydrogen) atoms. The molecular weight excluding hydrogens is 340 g/mol. The van der Waals surface area contributed by atoms with E-state index in [1.54, 1.807) is 6.20 Å². The SMILES string of the molecule is CC(C)(C)c1noc2ncc(C(=O)NC3CCc4cc(CN)ccc43)cc12. The molecule has 2 heterocycles. The average molecular weight is 364 g/mol. The van der Waals surface area contributed by atoms with Crippen molar-refractivity contribution in [3.63, 3.8) is 0 Å². The molecule has 0 spiro atoms. The Morgan fingerprint density at radius 2 is 2.15 bits per heavy atom. The van der Waals surface area contributed by atoms with Crippen LogP contribution in [0.15, 0.2) is 35.0 Å². The number of aromatic nitrogens is 2. The fraction of sp³-hybridized carbons (Fsp3) is 0.381. The summed E-state index contributed by atoms with van der Waals surface area (Å²) in [6.45, 7) is 6.71. The molecule has 1 aliphatic carbocycles. The Kier molecular flexibility index (Phi) is 4.23. The van der Waals surface area contributed by atoms with Gasteiger partial charge in [0.05, 0.1) is 22.7 Å².